The summed E-state index contributed by atoms with van der Waals surface area (Å²) >= 11 is 0. The molecule has 1 amide bonds. The number of anilines is 1. The molecular formula is C42H29N3O2. The molecule has 2 aromatic heterocycles. The first kappa shape index (κ1) is 27.2. The van der Waals surface area contributed by atoms with Gasteiger partial charge in [-0.2, -0.15) is 0 Å². The Morgan fingerprint density at radius 1 is 0.532 bits per heavy atom. The van der Waals surface area contributed by atoms with Gasteiger partial charge in [-0.1, -0.05) is 91.0 Å². The fourth-order valence-electron chi connectivity index (χ4n) is 7.17. The van der Waals surface area contributed by atoms with Crippen molar-refractivity contribution in [2.24, 2.45) is 0 Å². The van der Waals surface area contributed by atoms with E-state index in [-0.39, 0.29) is 12.5 Å². The summed E-state index contributed by atoms with van der Waals surface area (Å²) in [6.45, 7) is -0.286. The maximum absolute atomic E-state index is 13.5. The molecule has 0 saturated heterocycles. The predicted molar refractivity (Wildman–Crippen MR) is 193 cm³/mol. The van der Waals surface area contributed by atoms with Gasteiger partial charge in [0.05, 0.1) is 34.4 Å². The molecule has 0 spiro atoms. The molecule has 9 aromatic rings. The SMILES string of the molecule is O=C(Nc1ccccc1)c1cccc(-n2c3ccccc3c3cc4c(cc32)c2ccccc2n4-c2ccc3ccccc3c2)c1CO. The Balaban J connectivity index is 1.32. The van der Waals surface area contributed by atoms with Crippen LogP contribution in [-0.2, 0) is 6.61 Å². The molecule has 5 nitrogen and oxygen atoms in total. The molecule has 9 rings (SSSR count). The maximum Gasteiger partial charge on any atom is 0.256 e. The molecule has 0 aliphatic carbocycles. The number of aliphatic hydroxyl groups is 1. The molecule has 7 aromatic carbocycles. The van der Waals surface area contributed by atoms with Crippen molar-refractivity contribution in [1.82, 2.24) is 9.13 Å². The zero-order valence-electron chi connectivity index (χ0n) is 25.4. The number of hydrogen-bond acceptors (Lipinski definition) is 2. The number of benzene rings is 7. The zero-order chi connectivity index (χ0) is 31.5. The van der Waals surface area contributed by atoms with Gasteiger partial charge in [0.25, 0.3) is 5.91 Å². The number of carbonyl (C=O) groups excluding carboxylic acids is 1. The standard InChI is InChI=1S/C42H29N3O2/c46-26-36-33(42(47)43-29-13-2-1-3-14-29)17-10-20-39(36)45-38-19-9-7-16-32(38)35-24-40-34(25-41(35)45)31-15-6-8-18-37(31)44(40)30-22-21-27-11-4-5-12-28(27)23-30/h1-25,46H,26H2,(H,43,47). The molecule has 0 unspecified atom stereocenters. The first-order valence-electron chi connectivity index (χ1n) is 15.7. The number of nitrogens with zero attached hydrogens (tertiary/aromatic N) is 2. The molecule has 0 fully saturated rings. The van der Waals surface area contributed by atoms with Gasteiger partial charge in [0.15, 0.2) is 0 Å². The van der Waals surface area contributed by atoms with E-state index >= 15 is 0 Å². The quantitative estimate of drug-likeness (QED) is 0.205. The minimum Gasteiger partial charge on any atom is -0.392 e. The highest BCUT2D eigenvalue weighted by Gasteiger charge is 2.22. The van der Waals surface area contributed by atoms with E-state index in [2.05, 4.69) is 112 Å². The second-order valence-corrected chi connectivity index (χ2v) is 11.9. The molecule has 0 aliphatic heterocycles. The van der Waals surface area contributed by atoms with Crippen molar-refractivity contribution in [3.63, 3.8) is 0 Å². The van der Waals surface area contributed by atoms with Crippen molar-refractivity contribution < 1.29 is 9.90 Å². The topological polar surface area (TPSA) is 59.2 Å². The van der Waals surface area contributed by atoms with E-state index in [1.165, 1.54) is 10.8 Å². The highest BCUT2D eigenvalue weighted by Crippen LogP contribution is 2.40. The molecule has 0 radical (unpaired) electrons. The number of para-hydroxylation sites is 3. The summed E-state index contributed by atoms with van der Waals surface area (Å²) in [4.78, 5) is 13.5. The summed E-state index contributed by atoms with van der Waals surface area (Å²) in [7, 11) is 0. The lowest BCUT2D eigenvalue weighted by Crippen LogP contribution is -2.16. The van der Waals surface area contributed by atoms with Crippen LogP contribution in [0.5, 0.6) is 0 Å². The largest absolute Gasteiger partial charge is 0.392 e. The summed E-state index contributed by atoms with van der Waals surface area (Å²) in [5, 5.41) is 20.7. The van der Waals surface area contributed by atoms with E-state index in [1.54, 1.807) is 6.07 Å². The molecular weight excluding hydrogens is 578 g/mol. The first-order valence-corrected chi connectivity index (χ1v) is 15.7. The fraction of sp³-hybridized carbons (Fsp3) is 0.0238. The lowest BCUT2D eigenvalue weighted by molar-refractivity contribution is 0.102. The molecule has 0 bridgehead atoms. The molecule has 0 saturated carbocycles. The summed E-state index contributed by atoms with van der Waals surface area (Å²) in [5.74, 6) is -0.260. The Bertz CT molecular complexity index is 2670. The summed E-state index contributed by atoms with van der Waals surface area (Å²) in [6, 6.07) is 51.6. The Kier molecular flexibility index (Phi) is 6.20. The molecule has 0 atom stereocenters. The highest BCUT2D eigenvalue weighted by atomic mass is 16.3. The van der Waals surface area contributed by atoms with Crippen molar-refractivity contribution in [2.75, 3.05) is 5.32 Å². The van der Waals surface area contributed by atoms with Crippen molar-refractivity contribution in [3.8, 4) is 11.4 Å². The maximum atomic E-state index is 13.5. The third kappa shape index (κ3) is 4.25. The Morgan fingerprint density at radius 3 is 1.87 bits per heavy atom. The molecule has 2 N–H and O–H groups in total. The minimum atomic E-state index is -0.286. The summed E-state index contributed by atoms with van der Waals surface area (Å²) in [5.41, 5.74) is 7.87. The van der Waals surface area contributed by atoms with E-state index in [4.69, 9.17) is 0 Å². The second kappa shape index (κ2) is 10.7. The van der Waals surface area contributed by atoms with Gasteiger partial charge in [-0.05, 0) is 71.4 Å². The van der Waals surface area contributed by atoms with Crippen LogP contribution in [0.25, 0.3) is 65.8 Å². The number of hydrogen-bond donors (Lipinski definition) is 2. The van der Waals surface area contributed by atoms with Crippen LogP contribution in [-0.4, -0.2) is 20.1 Å². The van der Waals surface area contributed by atoms with Crippen LogP contribution < -0.4 is 5.32 Å². The molecule has 0 aliphatic rings. The number of aromatic nitrogens is 2. The van der Waals surface area contributed by atoms with Crippen LogP contribution in [0.3, 0.4) is 0 Å². The summed E-state index contributed by atoms with van der Waals surface area (Å²) < 4.78 is 4.55. The van der Waals surface area contributed by atoms with Gasteiger partial charge in [-0.25, -0.2) is 0 Å². The monoisotopic (exact) mass is 607 g/mol. The highest BCUT2D eigenvalue weighted by molar-refractivity contribution is 6.19. The van der Waals surface area contributed by atoms with Gasteiger partial charge >= 0.3 is 0 Å². The predicted octanol–water partition coefficient (Wildman–Crippen LogP) is 9.78. The number of fused-ring (bicyclic) bond motifs is 7. The number of nitrogens with one attached hydrogen (secondary N) is 1. The molecule has 47 heavy (non-hydrogen) atoms. The van der Waals surface area contributed by atoms with Crippen molar-refractivity contribution in [3.05, 3.63) is 163 Å². The number of rotatable bonds is 5. The number of aliphatic hydroxyl groups excluding tert-OH is 1. The van der Waals surface area contributed by atoms with Crippen molar-refractivity contribution in [1.29, 1.82) is 0 Å². The van der Waals surface area contributed by atoms with Crippen LogP contribution in [0.2, 0.25) is 0 Å². The Labute approximate surface area is 270 Å². The number of carbonyl (C=O) groups is 1. The van der Waals surface area contributed by atoms with E-state index in [1.807, 2.05) is 48.5 Å². The van der Waals surface area contributed by atoms with Gasteiger partial charge in [0.1, 0.15) is 0 Å². The third-order valence-corrected chi connectivity index (χ3v) is 9.28. The second-order valence-electron chi connectivity index (χ2n) is 11.9. The lowest BCUT2D eigenvalue weighted by Gasteiger charge is -2.16. The number of amides is 1. The van der Waals surface area contributed by atoms with Gasteiger partial charge in [0, 0.05) is 44.0 Å². The summed E-state index contributed by atoms with van der Waals surface area (Å²) in [6.07, 6.45) is 0. The normalized spacial score (nSPS) is 11.7. The first-order chi connectivity index (χ1) is 23.2. The van der Waals surface area contributed by atoms with E-state index in [9.17, 15) is 9.90 Å². The van der Waals surface area contributed by atoms with Gasteiger partial charge in [-0.3, -0.25) is 4.79 Å². The van der Waals surface area contributed by atoms with Crippen molar-refractivity contribution >= 4 is 66.0 Å². The lowest BCUT2D eigenvalue weighted by atomic mass is 10.0. The van der Waals surface area contributed by atoms with Gasteiger partial charge in [-0.15, -0.1) is 0 Å². The van der Waals surface area contributed by atoms with Crippen LogP contribution >= 0.6 is 0 Å². The van der Waals surface area contributed by atoms with Gasteiger partial charge in [0.2, 0.25) is 0 Å². The van der Waals surface area contributed by atoms with E-state index in [0.29, 0.717) is 16.8 Å². The zero-order valence-corrected chi connectivity index (χ0v) is 25.4. The third-order valence-electron chi connectivity index (χ3n) is 9.28. The van der Waals surface area contributed by atoms with E-state index in [0.717, 1.165) is 55.0 Å². The molecule has 5 heteroatoms. The molecule has 224 valence electrons. The Morgan fingerprint density at radius 2 is 1.15 bits per heavy atom. The van der Waals surface area contributed by atoms with Crippen LogP contribution in [0, 0.1) is 0 Å². The average molecular weight is 608 g/mol. The van der Waals surface area contributed by atoms with Crippen LogP contribution in [0.1, 0.15) is 15.9 Å². The Hall–Kier alpha value is -6.17. The fourth-order valence-corrected chi connectivity index (χ4v) is 7.17. The average Bonchev–Trinajstić information content (AvgIpc) is 3.62. The van der Waals surface area contributed by atoms with E-state index < -0.39 is 0 Å². The van der Waals surface area contributed by atoms with Crippen LogP contribution in [0.4, 0.5) is 5.69 Å². The van der Waals surface area contributed by atoms with Crippen LogP contribution in [0.15, 0.2) is 152 Å². The van der Waals surface area contributed by atoms with Gasteiger partial charge < -0.3 is 19.6 Å². The smallest absolute Gasteiger partial charge is 0.256 e. The molecule has 2 heterocycles. The van der Waals surface area contributed by atoms with Crippen molar-refractivity contribution in [2.45, 2.75) is 6.61 Å². The minimum absolute atomic E-state index is 0.260.